The molecule has 0 radical (unpaired) electrons. The fourth-order valence-corrected chi connectivity index (χ4v) is 4.46. The zero-order chi connectivity index (χ0) is 30.2. The van der Waals surface area contributed by atoms with Gasteiger partial charge in [-0.3, -0.25) is 4.79 Å². The molecule has 12 heteroatoms. The first kappa shape index (κ1) is 30.2. The molecule has 0 fully saturated rings. The monoisotopic (exact) mass is 596 g/mol. The molecule has 0 bridgehead atoms. The minimum atomic E-state index is -0.756. The van der Waals surface area contributed by atoms with Crippen LogP contribution in [0.3, 0.4) is 0 Å². The van der Waals surface area contributed by atoms with Gasteiger partial charge in [-0.15, -0.1) is 0 Å². The number of aromatic nitrogens is 2. The second-order valence-corrected chi connectivity index (χ2v) is 9.19. The van der Waals surface area contributed by atoms with Gasteiger partial charge in [0.15, 0.2) is 29.5 Å². The van der Waals surface area contributed by atoms with Crippen LogP contribution in [0.5, 0.6) is 28.7 Å². The van der Waals surface area contributed by atoms with E-state index < -0.39 is 5.82 Å². The third-order valence-electron chi connectivity index (χ3n) is 6.43. The summed E-state index contributed by atoms with van der Waals surface area (Å²) in [5, 5.41) is 6.57. The predicted octanol–water partition coefficient (Wildman–Crippen LogP) is 6.02. The van der Waals surface area contributed by atoms with Crippen LogP contribution in [-0.4, -0.2) is 51.8 Å². The van der Waals surface area contributed by atoms with E-state index in [4.69, 9.17) is 35.3 Å². The third-order valence-corrected chi connectivity index (χ3v) is 6.73. The van der Waals surface area contributed by atoms with Gasteiger partial charge >= 0.3 is 0 Å². The molecule has 0 aliphatic heterocycles. The van der Waals surface area contributed by atoms with E-state index in [1.54, 1.807) is 52.7 Å². The molecule has 10 nitrogen and oxygen atoms in total. The molecule has 0 aliphatic rings. The number of ether oxygens (including phenoxy) is 5. The van der Waals surface area contributed by atoms with Gasteiger partial charge < -0.3 is 34.3 Å². The van der Waals surface area contributed by atoms with Gasteiger partial charge in [0.25, 0.3) is 0 Å². The highest BCUT2D eigenvalue weighted by molar-refractivity contribution is 6.32. The fraction of sp³-hybridized carbons (Fsp3) is 0.233. The normalized spacial score (nSPS) is 10.5. The summed E-state index contributed by atoms with van der Waals surface area (Å²) in [6.45, 7) is 0.495. The molecule has 42 heavy (non-hydrogen) atoms. The van der Waals surface area contributed by atoms with Gasteiger partial charge in [-0.05, 0) is 36.4 Å². The van der Waals surface area contributed by atoms with Crippen LogP contribution in [0.1, 0.15) is 21.6 Å². The molecule has 0 atom stereocenters. The van der Waals surface area contributed by atoms with Crippen molar-refractivity contribution in [2.45, 2.75) is 13.1 Å². The molecule has 0 saturated heterocycles. The lowest BCUT2D eigenvalue weighted by Gasteiger charge is -2.18. The van der Waals surface area contributed by atoms with Crippen LogP contribution in [0.15, 0.2) is 48.5 Å². The van der Waals surface area contributed by atoms with Crippen LogP contribution in [0.2, 0.25) is 5.02 Å². The van der Waals surface area contributed by atoms with Crippen LogP contribution >= 0.6 is 11.6 Å². The average molecular weight is 597 g/mol. The van der Waals surface area contributed by atoms with Crippen LogP contribution < -0.4 is 34.3 Å². The SMILES string of the molecule is COc1ccc(CNc2nc(-c3ccc(Cl)c(OC)c3F)nc(C=O)c2NCc2ccc(OC)cc2OC)c(OC)c1. The van der Waals surface area contributed by atoms with Crippen LogP contribution in [0.25, 0.3) is 11.4 Å². The van der Waals surface area contributed by atoms with Gasteiger partial charge in [-0.2, -0.15) is 0 Å². The smallest absolute Gasteiger partial charge is 0.177 e. The number of benzene rings is 3. The Kier molecular flexibility index (Phi) is 9.87. The number of hydrogen-bond donors (Lipinski definition) is 2. The molecule has 4 aromatic rings. The first-order chi connectivity index (χ1) is 20.4. The van der Waals surface area contributed by atoms with Gasteiger partial charge in [-0.25, -0.2) is 14.4 Å². The second-order valence-electron chi connectivity index (χ2n) is 8.78. The Bertz CT molecular complexity index is 1590. The van der Waals surface area contributed by atoms with Crippen molar-refractivity contribution < 1.29 is 32.9 Å². The molecule has 220 valence electrons. The molecule has 2 N–H and O–H groups in total. The minimum absolute atomic E-state index is 0.00462. The van der Waals surface area contributed by atoms with E-state index in [0.29, 0.717) is 35.0 Å². The maximum Gasteiger partial charge on any atom is 0.177 e. The molecule has 0 spiro atoms. The summed E-state index contributed by atoms with van der Waals surface area (Å²) in [5.41, 5.74) is 1.89. The Balaban J connectivity index is 1.78. The number of carbonyl (C=O) groups is 1. The number of carbonyl (C=O) groups excluding carboxylic acids is 1. The first-order valence-corrected chi connectivity index (χ1v) is 13.0. The fourth-order valence-electron chi connectivity index (χ4n) is 4.24. The number of anilines is 2. The number of halogens is 2. The molecular formula is C30H30ClFN4O6. The Morgan fingerprint density at radius 1 is 0.786 bits per heavy atom. The summed E-state index contributed by atoms with van der Waals surface area (Å²) in [5.74, 6) is 1.73. The highest BCUT2D eigenvalue weighted by atomic mass is 35.5. The van der Waals surface area contributed by atoms with Gasteiger partial charge in [-0.1, -0.05) is 11.6 Å². The molecule has 0 saturated carbocycles. The van der Waals surface area contributed by atoms with Crippen molar-refractivity contribution >= 4 is 29.4 Å². The Morgan fingerprint density at radius 2 is 1.38 bits per heavy atom. The van der Waals surface area contributed by atoms with E-state index in [9.17, 15) is 4.79 Å². The lowest BCUT2D eigenvalue weighted by atomic mass is 10.1. The van der Waals surface area contributed by atoms with E-state index in [2.05, 4.69) is 20.6 Å². The summed E-state index contributed by atoms with van der Waals surface area (Å²) in [4.78, 5) is 21.3. The van der Waals surface area contributed by atoms with Crippen LogP contribution in [-0.2, 0) is 13.1 Å². The zero-order valence-corrected chi connectivity index (χ0v) is 24.5. The average Bonchev–Trinajstić information content (AvgIpc) is 3.02. The molecule has 1 aromatic heterocycles. The molecular weight excluding hydrogens is 567 g/mol. The maximum atomic E-state index is 15.4. The number of nitrogens with one attached hydrogen (secondary N) is 2. The lowest BCUT2D eigenvalue weighted by molar-refractivity contribution is 0.111. The van der Waals surface area contributed by atoms with E-state index in [1.165, 1.54) is 19.2 Å². The van der Waals surface area contributed by atoms with Crippen molar-refractivity contribution in [3.8, 4) is 40.1 Å². The van der Waals surface area contributed by atoms with Gasteiger partial charge in [0.05, 0.1) is 46.1 Å². The second kappa shape index (κ2) is 13.7. The zero-order valence-electron chi connectivity index (χ0n) is 23.7. The van der Waals surface area contributed by atoms with Crippen molar-refractivity contribution in [3.05, 3.63) is 76.2 Å². The summed E-state index contributed by atoms with van der Waals surface area (Å²) in [6.07, 6.45) is 0.572. The van der Waals surface area contributed by atoms with Crippen LogP contribution in [0.4, 0.5) is 15.9 Å². The topological polar surface area (TPSA) is 113 Å². The highest BCUT2D eigenvalue weighted by Crippen LogP contribution is 2.36. The number of nitrogens with zero attached hydrogens (tertiary/aromatic N) is 2. The van der Waals surface area contributed by atoms with Gasteiger partial charge in [0.2, 0.25) is 0 Å². The predicted molar refractivity (Wildman–Crippen MR) is 158 cm³/mol. The minimum Gasteiger partial charge on any atom is -0.497 e. The number of methoxy groups -OCH3 is 5. The van der Waals surface area contributed by atoms with E-state index in [1.807, 2.05) is 12.1 Å². The number of aldehydes is 1. The third kappa shape index (κ3) is 6.41. The van der Waals surface area contributed by atoms with E-state index in [0.717, 1.165) is 11.1 Å². The molecule has 1 heterocycles. The summed E-state index contributed by atoms with van der Waals surface area (Å²) < 4.78 is 42.1. The summed E-state index contributed by atoms with van der Waals surface area (Å²) >= 11 is 6.09. The Morgan fingerprint density at radius 3 is 1.90 bits per heavy atom. The Labute approximate surface area is 247 Å². The molecule has 3 aromatic carbocycles. The van der Waals surface area contributed by atoms with E-state index >= 15 is 4.39 Å². The quantitative estimate of drug-likeness (QED) is 0.178. The summed E-state index contributed by atoms with van der Waals surface area (Å²) in [7, 11) is 7.55. The Hall–Kier alpha value is -4.77. The maximum absolute atomic E-state index is 15.4. The molecule has 0 unspecified atom stereocenters. The standard InChI is InChI=1S/C30H30ClFN4O6/c1-38-19-8-6-17(24(12-19)40-3)14-33-27-23(16-37)35-29(21-10-11-22(31)28(42-5)26(21)32)36-30(27)34-15-18-7-9-20(39-2)13-25(18)41-4/h6-13,16,33H,14-15H2,1-5H3,(H,34,35,36). The van der Waals surface area contributed by atoms with Crippen molar-refractivity contribution in [1.29, 1.82) is 0 Å². The van der Waals surface area contributed by atoms with Crippen molar-refractivity contribution in [1.82, 2.24) is 9.97 Å². The van der Waals surface area contributed by atoms with Gasteiger partial charge in [0.1, 0.15) is 34.4 Å². The molecule has 0 aliphatic carbocycles. The van der Waals surface area contributed by atoms with Crippen LogP contribution in [0, 0.1) is 5.82 Å². The van der Waals surface area contributed by atoms with Crippen molar-refractivity contribution in [2.24, 2.45) is 0 Å². The highest BCUT2D eigenvalue weighted by Gasteiger charge is 2.21. The van der Waals surface area contributed by atoms with E-state index in [-0.39, 0.29) is 46.8 Å². The number of rotatable bonds is 13. The number of hydrogen-bond acceptors (Lipinski definition) is 10. The summed E-state index contributed by atoms with van der Waals surface area (Å²) in [6, 6.07) is 13.7. The molecule has 4 rings (SSSR count). The van der Waals surface area contributed by atoms with Crippen molar-refractivity contribution in [3.63, 3.8) is 0 Å². The van der Waals surface area contributed by atoms with Gasteiger partial charge in [0, 0.05) is 36.3 Å². The lowest BCUT2D eigenvalue weighted by Crippen LogP contribution is -2.13. The molecule has 0 amide bonds. The first-order valence-electron chi connectivity index (χ1n) is 12.7. The largest absolute Gasteiger partial charge is 0.497 e. The van der Waals surface area contributed by atoms with Crippen molar-refractivity contribution in [2.75, 3.05) is 46.2 Å².